The van der Waals surface area contributed by atoms with Crippen molar-refractivity contribution in [3.05, 3.63) is 53.6 Å². The molecule has 9 heteroatoms. The fraction of sp³-hybridized carbons (Fsp3) is 0.133. The van der Waals surface area contributed by atoms with Gasteiger partial charge in [-0.2, -0.15) is 0 Å². The SMILES string of the molecule is O=C(NNS(=O)(=O)c1ccc(Cl)cc1)[C@H]1COc2ccccc2O1. The number of benzene rings is 2. The highest BCUT2D eigenvalue weighted by Gasteiger charge is 2.28. The molecule has 3 rings (SSSR count). The lowest BCUT2D eigenvalue weighted by Gasteiger charge is -2.25. The van der Waals surface area contributed by atoms with Crippen LogP contribution in [-0.2, 0) is 14.8 Å². The molecule has 0 radical (unpaired) electrons. The number of carbonyl (C=O) groups is 1. The van der Waals surface area contributed by atoms with Crippen LogP contribution in [0.1, 0.15) is 0 Å². The molecule has 2 aromatic rings. The van der Waals surface area contributed by atoms with Crippen LogP contribution in [0.25, 0.3) is 0 Å². The van der Waals surface area contributed by atoms with E-state index in [1.165, 1.54) is 24.3 Å². The highest BCUT2D eigenvalue weighted by atomic mass is 35.5. The van der Waals surface area contributed by atoms with Gasteiger partial charge in [0.05, 0.1) is 4.90 Å². The zero-order valence-electron chi connectivity index (χ0n) is 12.2. The van der Waals surface area contributed by atoms with Gasteiger partial charge in [-0.3, -0.25) is 10.2 Å². The third-order valence-electron chi connectivity index (χ3n) is 3.23. The first-order valence-corrected chi connectivity index (χ1v) is 8.77. The summed E-state index contributed by atoms with van der Waals surface area (Å²) in [5, 5.41) is 0.407. The smallest absolute Gasteiger partial charge is 0.279 e. The number of ether oxygens (including phenoxy) is 2. The number of rotatable bonds is 4. The molecule has 2 aromatic carbocycles. The van der Waals surface area contributed by atoms with E-state index in [-0.39, 0.29) is 11.5 Å². The predicted molar refractivity (Wildman–Crippen MR) is 86.3 cm³/mol. The van der Waals surface area contributed by atoms with Gasteiger partial charge < -0.3 is 9.47 Å². The first-order chi connectivity index (χ1) is 11.5. The van der Waals surface area contributed by atoms with E-state index in [1.54, 1.807) is 24.3 Å². The second kappa shape index (κ2) is 6.68. The van der Waals surface area contributed by atoms with E-state index in [0.29, 0.717) is 16.5 Å². The zero-order valence-corrected chi connectivity index (χ0v) is 13.8. The lowest BCUT2D eigenvalue weighted by molar-refractivity contribution is -0.130. The van der Waals surface area contributed by atoms with Crippen LogP contribution in [0.3, 0.4) is 0 Å². The topological polar surface area (TPSA) is 93.7 Å². The van der Waals surface area contributed by atoms with Gasteiger partial charge in [-0.15, -0.1) is 4.83 Å². The number of hydrogen-bond acceptors (Lipinski definition) is 5. The van der Waals surface area contributed by atoms with E-state index in [9.17, 15) is 13.2 Å². The summed E-state index contributed by atoms with van der Waals surface area (Å²) in [6, 6.07) is 12.4. The molecule has 1 heterocycles. The second-order valence-electron chi connectivity index (χ2n) is 4.91. The molecule has 7 nitrogen and oxygen atoms in total. The standard InChI is InChI=1S/C15H13ClN2O5S/c16-10-5-7-11(8-6-10)24(20,21)18-17-15(19)14-9-22-12-3-1-2-4-13(12)23-14/h1-8,14,18H,9H2,(H,17,19)/t14-/m1/s1. The van der Waals surface area contributed by atoms with Crippen LogP contribution in [-0.4, -0.2) is 27.0 Å². The molecule has 1 atom stereocenters. The van der Waals surface area contributed by atoms with Crippen molar-refractivity contribution in [3.8, 4) is 11.5 Å². The Morgan fingerprint density at radius 1 is 1.08 bits per heavy atom. The average Bonchev–Trinajstić information content (AvgIpc) is 2.59. The van der Waals surface area contributed by atoms with Crippen LogP contribution in [0, 0.1) is 0 Å². The zero-order chi connectivity index (χ0) is 17.2. The Labute approximate surface area is 143 Å². The van der Waals surface area contributed by atoms with Crippen molar-refractivity contribution in [1.29, 1.82) is 0 Å². The van der Waals surface area contributed by atoms with Gasteiger partial charge in [0.1, 0.15) is 6.61 Å². The van der Waals surface area contributed by atoms with Crippen molar-refractivity contribution in [3.63, 3.8) is 0 Å². The van der Waals surface area contributed by atoms with Crippen molar-refractivity contribution in [1.82, 2.24) is 10.3 Å². The molecule has 2 N–H and O–H groups in total. The van der Waals surface area contributed by atoms with Crippen molar-refractivity contribution in [2.24, 2.45) is 0 Å². The summed E-state index contributed by atoms with van der Waals surface area (Å²) in [6.07, 6.45) is -0.965. The lowest BCUT2D eigenvalue weighted by atomic mass is 10.2. The minimum absolute atomic E-state index is 0.0223. The molecule has 0 spiro atoms. The molecule has 0 unspecified atom stereocenters. The third-order valence-corrected chi connectivity index (χ3v) is 4.75. The molecule has 0 aromatic heterocycles. The molecule has 1 amide bonds. The fourth-order valence-electron chi connectivity index (χ4n) is 2.02. The van der Waals surface area contributed by atoms with Crippen LogP contribution in [0.4, 0.5) is 0 Å². The molecule has 1 aliphatic heterocycles. The van der Waals surface area contributed by atoms with Crippen LogP contribution in [0.5, 0.6) is 11.5 Å². The monoisotopic (exact) mass is 368 g/mol. The van der Waals surface area contributed by atoms with Gasteiger partial charge in [-0.05, 0) is 36.4 Å². The number of halogens is 1. The highest BCUT2D eigenvalue weighted by molar-refractivity contribution is 7.89. The fourth-order valence-corrected chi connectivity index (χ4v) is 2.99. The van der Waals surface area contributed by atoms with Crippen LogP contribution < -0.4 is 19.7 Å². The van der Waals surface area contributed by atoms with E-state index >= 15 is 0 Å². The van der Waals surface area contributed by atoms with Gasteiger partial charge >= 0.3 is 0 Å². The number of hydrogen-bond donors (Lipinski definition) is 2. The summed E-state index contributed by atoms with van der Waals surface area (Å²) >= 11 is 5.72. The molecule has 0 saturated carbocycles. The molecule has 0 bridgehead atoms. The normalized spacial score (nSPS) is 16.5. The predicted octanol–water partition coefficient (Wildman–Crippen LogP) is 1.49. The van der Waals surface area contributed by atoms with E-state index in [4.69, 9.17) is 21.1 Å². The molecule has 0 aliphatic carbocycles. The summed E-state index contributed by atoms with van der Waals surface area (Å²) in [6.45, 7) is -0.0223. The Morgan fingerprint density at radius 3 is 2.46 bits per heavy atom. The first-order valence-electron chi connectivity index (χ1n) is 6.91. The van der Waals surface area contributed by atoms with Gasteiger partial charge in [0.25, 0.3) is 15.9 Å². The Balaban J connectivity index is 1.63. The number of amides is 1. The van der Waals surface area contributed by atoms with E-state index in [2.05, 4.69) is 5.43 Å². The van der Waals surface area contributed by atoms with E-state index < -0.39 is 22.0 Å². The van der Waals surface area contributed by atoms with Crippen molar-refractivity contribution >= 4 is 27.5 Å². The summed E-state index contributed by atoms with van der Waals surface area (Å²) < 4.78 is 35.1. The van der Waals surface area contributed by atoms with Gasteiger partial charge in [-0.1, -0.05) is 23.7 Å². The largest absolute Gasteiger partial charge is 0.485 e. The van der Waals surface area contributed by atoms with E-state index in [0.717, 1.165) is 0 Å². The lowest BCUT2D eigenvalue weighted by Crippen LogP contribution is -2.50. The Morgan fingerprint density at radius 2 is 1.75 bits per heavy atom. The summed E-state index contributed by atoms with van der Waals surface area (Å²) in [7, 11) is -3.91. The van der Waals surface area contributed by atoms with Gasteiger partial charge in [0, 0.05) is 5.02 Å². The molecule has 0 fully saturated rings. The molecule has 24 heavy (non-hydrogen) atoms. The Kier molecular flexibility index (Phi) is 4.61. The maximum atomic E-state index is 12.1. The molecular formula is C15H13ClN2O5S. The average molecular weight is 369 g/mol. The van der Waals surface area contributed by atoms with Crippen LogP contribution in [0.2, 0.25) is 5.02 Å². The quantitative estimate of drug-likeness (QED) is 0.797. The number of nitrogens with one attached hydrogen (secondary N) is 2. The molecule has 126 valence electrons. The van der Waals surface area contributed by atoms with Crippen molar-refractivity contribution < 1.29 is 22.7 Å². The summed E-state index contributed by atoms with van der Waals surface area (Å²) in [5.74, 6) is 0.287. The third kappa shape index (κ3) is 3.61. The number of para-hydroxylation sites is 2. The van der Waals surface area contributed by atoms with Crippen LogP contribution >= 0.6 is 11.6 Å². The Bertz CT molecular complexity index is 854. The number of carbonyl (C=O) groups excluding carboxylic acids is 1. The van der Waals surface area contributed by atoms with E-state index in [1.807, 2.05) is 4.83 Å². The van der Waals surface area contributed by atoms with Crippen LogP contribution in [0.15, 0.2) is 53.4 Å². The number of sulfonamides is 1. The minimum atomic E-state index is -3.91. The second-order valence-corrected chi connectivity index (χ2v) is 7.03. The van der Waals surface area contributed by atoms with Crippen molar-refractivity contribution in [2.45, 2.75) is 11.0 Å². The maximum Gasteiger partial charge on any atom is 0.279 e. The molecule has 0 saturated heterocycles. The number of fused-ring (bicyclic) bond motifs is 1. The Hall–Kier alpha value is -2.29. The maximum absolute atomic E-state index is 12.1. The number of hydrazine groups is 1. The van der Waals surface area contributed by atoms with Crippen molar-refractivity contribution in [2.75, 3.05) is 6.61 Å². The highest BCUT2D eigenvalue weighted by Crippen LogP contribution is 2.30. The van der Waals surface area contributed by atoms with Gasteiger partial charge in [0.2, 0.25) is 6.10 Å². The van der Waals surface area contributed by atoms with Gasteiger partial charge in [-0.25, -0.2) is 8.42 Å². The first kappa shape index (κ1) is 16.6. The minimum Gasteiger partial charge on any atom is -0.485 e. The molecule has 1 aliphatic rings. The summed E-state index contributed by atoms with van der Waals surface area (Å²) in [4.78, 5) is 14.1. The summed E-state index contributed by atoms with van der Waals surface area (Å²) in [5.41, 5.74) is 2.12. The van der Waals surface area contributed by atoms with Gasteiger partial charge in [0.15, 0.2) is 11.5 Å². The molecular weight excluding hydrogens is 356 g/mol.